The van der Waals surface area contributed by atoms with E-state index in [0.29, 0.717) is 12.5 Å². The van der Waals surface area contributed by atoms with Crippen molar-refractivity contribution in [1.29, 1.82) is 0 Å². The van der Waals surface area contributed by atoms with Crippen molar-refractivity contribution in [3.8, 4) is 0 Å². The zero-order valence-electron chi connectivity index (χ0n) is 16.5. The van der Waals surface area contributed by atoms with Crippen molar-refractivity contribution in [2.24, 2.45) is 7.05 Å². The van der Waals surface area contributed by atoms with Crippen molar-refractivity contribution >= 4 is 5.78 Å². The highest BCUT2D eigenvalue weighted by atomic mass is 16.1. The number of carbonyl (C=O) groups is 1. The summed E-state index contributed by atoms with van der Waals surface area (Å²) in [7, 11) is 2.06. The van der Waals surface area contributed by atoms with Crippen molar-refractivity contribution < 1.29 is 4.79 Å². The van der Waals surface area contributed by atoms with E-state index in [-0.39, 0.29) is 5.78 Å². The second-order valence-corrected chi connectivity index (χ2v) is 7.60. The molecule has 0 spiro atoms. The minimum absolute atomic E-state index is 0.110. The van der Waals surface area contributed by atoms with Gasteiger partial charge in [0.1, 0.15) is 5.82 Å². The molecule has 2 aromatic heterocycles. The Labute approximate surface area is 165 Å². The molecule has 1 atom stereocenters. The number of imidazole rings is 1. The maximum absolute atomic E-state index is 11.4. The molecule has 1 fully saturated rings. The number of ketones is 1. The number of carbonyl (C=O) groups excluding carboxylic acids is 1. The molecule has 0 radical (unpaired) electrons. The van der Waals surface area contributed by atoms with Crippen LogP contribution < -0.4 is 0 Å². The fraction of sp³-hybridized carbons (Fsp3) is 0.429. The van der Waals surface area contributed by atoms with E-state index in [0.717, 1.165) is 49.7 Å². The molecule has 0 bridgehead atoms. The van der Waals surface area contributed by atoms with E-state index in [2.05, 4.69) is 43.8 Å². The lowest BCUT2D eigenvalue weighted by atomic mass is 9.96. The molecular weight excluding hydrogens is 352 g/mol. The van der Waals surface area contributed by atoms with Crippen molar-refractivity contribution in [2.75, 3.05) is 13.1 Å². The molecule has 146 valence electrons. The van der Waals surface area contributed by atoms with Crippen molar-refractivity contribution in [3.05, 3.63) is 65.8 Å². The van der Waals surface area contributed by atoms with Crippen molar-refractivity contribution in [1.82, 2.24) is 29.2 Å². The second-order valence-electron chi connectivity index (χ2n) is 7.60. The molecule has 1 aromatic carbocycles. The number of Topliss-reactive ketones (excluding diaryl/α,β-unsaturated/α-hetero) is 1. The number of benzene rings is 1. The first kappa shape index (κ1) is 18.6. The molecule has 0 saturated carbocycles. The van der Waals surface area contributed by atoms with Gasteiger partial charge >= 0.3 is 0 Å². The van der Waals surface area contributed by atoms with Gasteiger partial charge in [0.25, 0.3) is 0 Å². The van der Waals surface area contributed by atoms with Crippen LogP contribution in [0.15, 0.2) is 43.0 Å². The van der Waals surface area contributed by atoms with E-state index < -0.39 is 0 Å². The predicted octanol–water partition coefficient (Wildman–Crippen LogP) is 2.64. The molecule has 1 saturated heterocycles. The third kappa shape index (κ3) is 4.04. The number of aromatic nitrogens is 5. The minimum atomic E-state index is 0.110. The van der Waals surface area contributed by atoms with Gasteiger partial charge in [-0.15, -0.1) is 10.2 Å². The van der Waals surface area contributed by atoms with Crippen LogP contribution in [0.5, 0.6) is 0 Å². The molecule has 0 amide bonds. The topological polar surface area (TPSA) is 68.8 Å². The summed E-state index contributed by atoms with van der Waals surface area (Å²) < 4.78 is 4.14. The number of rotatable bonds is 6. The van der Waals surface area contributed by atoms with E-state index in [1.54, 1.807) is 19.4 Å². The first-order chi connectivity index (χ1) is 13.6. The number of hydrogen-bond acceptors (Lipinski definition) is 5. The van der Waals surface area contributed by atoms with Crippen molar-refractivity contribution in [2.45, 2.75) is 38.8 Å². The van der Waals surface area contributed by atoms with Gasteiger partial charge in [0, 0.05) is 44.0 Å². The molecule has 1 aliphatic heterocycles. The molecular formula is C21H26N6O. The number of likely N-dealkylation sites (tertiary alicyclic amines) is 1. The van der Waals surface area contributed by atoms with Gasteiger partial charge in [-0.1, -0.05) is 24.3 Å². The lowest BCUT2D eigenvalue weighted by Gasteiger charge is -2.32. The Hall–Kier alpha value is -2.80. The van der Waals surface area contributed by atoms with E-state index >= 15 is 0 Å². The lowest BCUT2D eigenvalue weighted by Crippen LogP contribution is -2.34. The third-order valence-electron chi connectivity index (χ3n) is 5.52. The fourth-order valence-corrected chi connectivity index (χ4v) is 3.93. The molecule has 0 N–H and O–H groups in total. The molecule has 3 heterocycles. The van der Waals surface area contributed by atoms with Gasteiger partial charge in [-0.25, -0.2) is 4.98 Å². The van der Waals surface area contributed by atoms with Gasteiger partial charge in [0.2, 0.25) is 0 Å². The van der Waals surface area contributed by atoms with Crippen LogP contribution >= 0.6 is 0 Å². The van der Waals surface area contributed by atoms with Crippen LogP contribution in [0.1, 0.15) is 53.3 Å². The summed E-state index contributed by atoms with van der Waals surface area (Å²) in [5.41, 5.74) is 2.01. The van der Waals surface area contributed by atoms with Gasteiger partial charge < -0.3 is 9.13 Å². The molecule has 7 heteroatoms. The van der Waals surface area contributed by atoms with Gasteiger partial charge in [0.05, 0.1) is 12.9 Å². The molecule has 3 aromatic rings. The summed E-state index contributed by atoms with van der Waals surface area (Å²) in [5, 5.41) is 8.92. The largest absolute Gasteiger partial charge is 0.330 e. The molecule has 28 heavy (non-hydrogen) atoms. The molecule has 1 unspecified atom stereocenters. The maximum atomic E-state index is 11.4. The molecule has 1 aliphatic rings. The smallest absolute Gasteiger partial charge is 0.159 e. The van der Waals surface area contributed by atoms with Crippen LogP contribution in [0, 0.1) is 0 Å². The van der Waals surface area contributed by atoms with E-state index in [9.17, 15) is 4.79 Å². The zero-order chi connectivity index (χ0) is 19.5. The quantitative estimate of drug-likeness (QED) is 0.617. The summed E-state index contributed by atoms with van der Waals surface area (Å²) in [6.07, 6.45) is 7.80. The average Bonchev–Trinajstić information content (AvgIpc) is 3.33. The highest BCUT2D eigenvalue weighted by Crippen LogP contribution is 2.27. The Balaban J connectivity index is 1.42. The Kier molecular flexibility index (Phi) is 5.34. The van der Waals surface area contributed by atoms with Crippen LogP contribution in [0.25, 0.3) is 0 Å². The highest BCUT2D eigenvalue weighted by Gasteiger charge is 2.26. The number of nitrogens with zero attached hydrogens (tertiary/aromatic N) is 6. The second kappa shape index (κ2) is 8.06. The van der Waals surface area contributed by atoms with E-state index in [4.69, 9.17) is 0 Å². The van der Waals surface area contributed by atoms with Gasteiger partial charge in [-0.3, -0.25) is 9.69 Å². The standard InChI is InChI=1S/C21H26N6O/c1-16(28)18-7-5-17(6-8-18)12-26-10-3-4-19(13-26)21-24-23-20(25(21)2)14-27-11-9-22-15-27/h5-9,11,15,19H,3-4,10,12-14H2,1-2H3. The average molecular weight is 378 g/mol. The van der Waals surface area contributed by atoms with Crippen molar-refractivity contribution in [3.63, 3.8) is 0 Å². The Bertz CT molecular complexity index is 928. The zero-order valence-corrected chi connectivity index (χ0v) is 16.5. The van der Waals surface area contributed by atoms with Gasteiger partial charge in [-0.05, 0) is 31.9 Å². The van der Waals surface area contributed by atoms with Gasteiger partial charge in [-0.2, -0.15) is 0 Å². The first-order valence-electron chi connectivity index (χ1n) is 9.76. The van der Waals surface area contributed by atoms with Crippen LogP contribution in [0.4, 0.5) is 0 Å². The SMILES string of the molecule is CC(=O)c1ccc(CN2CCCC(c3nnc(Cn4ccnc4)n3C)C2)cc1. The monoisotopic (exact) mass is 378 g/mol. The number of hydrogen-bond donors (Lipinski definition) is 0. The fourth-order valence-electron chi connectivity index (χ4n) is 3.93. The van der Waals surface area contributed by atoms with E-state index in [1.165, 1.54) is 5.56 Å². The highest BCUT2D eigenvalue weighted by molar-refractivity contribution is 5.93. The summed E-state index contributed by atoms with van der Waals surface area (Å²) in [5.74, 6) is 2.51. The first-order valence-corrected chi connectivity index (χ1v) is 9.76. The third-order valence-corrected chi connectivity index (χ3v) is 5.52. The predicted molar refractivity (Wildman–Crippen MR) is 106 cm³/mol. The Morgan fingerprint density at radius 2 is 2.00 bits per heavy atom. The lowest BCUT2D eigenvalue weighted by molar-refractivity contribution is 0.101. The summed E-state index contributed by atoms with van der Waals surface area (Å²) in [6.45, 7) is 5.25. The Morgan fingerprint density at radius 3 is 2.71 bits per heavy atom. The summed E-state index contributed by atoms with van der Waals surface area (Å²) in [6, 6.07) is 7.96. The minimum Gasteiger partial charge on any atom is -0.330 e. The molecule has 7 nitrogen and oxygen atoms in total. The number of piperidine rings is 1. The van der Waals surface area contributed by atoms with Crippen LogP contribution in [-0.2, 0) is 20.1 Å². The molecule has 4 rings (SSSR count). The normalized spacial score (nSPS) is 17.7. The van der Waals surface area contributed by atoms with Crippen LogP contribution in [0.2, 0.25) is 0 Å². The maximum Gasteiger partial charge on any atom is 0.159 e. The molecule has 0 aliphatic carbocycles. The van der Waals surface area contributed by atoms with Crippen LogP contribution in [-0.4, -0.2) is 48.1 Å². The summed E-state index contributed by atoms with van der Waals surface area (Å²) >= 11 is 0. The van der Waals surface area contributed by atoms with Gasteiger partial charge in [0.15, 0.2) is 11.6 Å². The van der Waals surface area contributed by atoms with E-state index in [1.807, 2.05) is 22.9 Å². The van der Waals surface area contributed by atoms with Crippen LogP contribution in [0.3, 0.4) is 0 Å². The summed E-state index contributed by atoms with van der Waals surface area (Å²) in [4.78, 5) is 18.0. The Morgan fingerprint density at radius 1 is 1.18 bits per heavy atom.